The fourth-order valence-corrected chi connectivity index (χ4v) is 6.87. The number of likely N-dealkylation sites (tertiary alicyclic amines) is 1. The first-order valence-corrected chi connectivity index (χ1v) is 20.3. The highest BCUT2D eigenvalue weighted by Gasteiger charge is 2.53. The monoisotopic (exact) mass is 832 g/mol. The number of rotatable bonds is 19. The number of methoxy groups -OCH3 is 1. The molecule has 3 N–H and O–H groups in total. The van der Waals surface area contributed by atoms with Gasteiger partial charge in [-0.1, -0.05) is 61.7 Å². The van der Waals surface area contributed by atoms with Crippen molar-refractivity contribution in [3.05, 3.63) is 52.6 Å². The molecule has 15 heteroatoms. The number of likely N-dealkylation sites (N-methyl/N-ethyl adjacent to an activating group) is 1. The largest absolute Gasteiger partial charge is 0.495 e. The van der Waals surface area contributed by atoms with Crippen LogP contribution in [0.3, 0.4) is 0 Å². The van der Waals surface area contributed by atoms with Gasteiger partial charge in [-0.05, 0) is 84.7 Å². The number of ether oxygens (including phenoxy) is 3. The predicted octanol–water partition coefficient (Wildman–Crippen LogP) is 6.28. The zero-order valence-corrected chi connectivity index (χ0v) is 36.5. The molecule has 0 bridgehead atoms. The van der Waals surface area contributed by atoms with E-state index in [2.05, 4.69) is 29.7 Å². The standard InChI is InChI=1S/C25H32ClNO5.C16H26N2O5.C2H7N/c1-17(13-18-9-10-21(26)22(14-18)30-3)7-4-5-8-19-15-20(31-24(29)27-19)16-23-25(2,32-23)11-6-12-28;1-11(14(21)22)17(4)12(19)8-6-5-7-9-18-13(20)10-16(2,3)15(18)23;1-3-2/h4-5,7,9-10,12,14,19-20,23H,6,8,11,13,15-16H2,1-3H3,(H,27,29);11H,5-10H2,1-4H3,(H,21,22);3H,1-2H3/b5-4+,17-7+;;. The van der Waals surface area contributed by atoms with Crippen LogP contribution in [0.1, 0.15) is 104 Å². The van der Waals surface area contributed by atoms with Gasteiger partial charge >= 0.3 is 12.1 Å². The van der Waals surface area contributed by atoms with Crippen molar-refractivity contribution in [2.24, 2.45) is 5.41 Å². The quantitative estimate of drug-likeness (QED) is 0.0469. The molecule has 0 saturated carbocycles. The molecule has 324 valence electrons. The summed E-state index contributed by atoms with van der Waals surface area (Å²) in [6.07, 6.45) is 13.2. The molecule has 4 rings (SSSR count). The number of unbranched alkanes of at least 4 members (excludes halogenated alkanes) is 2. The van der Waals surface area contributed by atoms with Crippen molar-refractivity contribution in [1.82, 2.24) is 20.4 Å². The van der Waals surface area contributed by atoms with Gasteiger partial charge < -0.3 is 39.6 Å². The van der Waals surface area contributed by atoms with Crippen LogP contribution in [0.15, 0.2) is 42.0 Å². The normalized spacial score (nSPS) is 22.8. The number of imide groups is 1. The van der Waals surface area contributed by atoms with Crippen molar-refractivity contribution in [2.75, 3.05) is 34.8 Å². The third-order valence-corrected chi connectivity index (χ3v) is 10.7. The summed E-state index contributed by atoms with van der Waals surface area (Å²) in [5.41, 5.74) is 1.47. The lowest BCUT2D eigenvalue weighted by Gasteiger charge is -2.29. The fourth-order valence-electron chi connectivity index (χ4n) is 6.67. The van der Waals surface area contributed by atoms with Gasteiger partial charge in [0.1, 0.15) is 24.2 Å². The number of hydrogen-bond donors (Lipinski definition) is 3. The molecule has 58 heavy (non-hydrogen) atoms. The molecule has 0 radical (unpaired) electrons. The van der Waals surface area contributed by atoms with Gasteiger partial charge in [-0.2, -0.15) is 0 Å². The first-order chi connectivity index (χ1) is 27.3. The molecular weight excluding hydrogens is 768 g/mol. The minimum absolute atomic E-state index is 0.0340. The van der Waals surface area contributed by atoms with Crippen LogP contribution < -0.4 is 15.4 Å². The number of epoxide rings is 1. The van der Waals surface area contributed by atoms with Crippen LogP contribution in [0, 0.1) is 5.41 Å². The number of nitrogens with one attached hydrogen (secondary N) is 2. The highest BCUT2D eigenvalue weighted by atomic mass is 35.5. The lowest BCUT2D eigenvalue weighted by molar-refractivity contribution is -0.148. The summed E-state index contributed by atoms with van der Waals surface area (Å²) in [6, 6.07) is 4.99. The minimum Gasteiger partial charge on any atom is -0.495 e. The van der Waals surface area contributed by atoms with Gasteiger partial charge in [0.15, 0.2) is 0 Å². The van der Waals surface area contributed by atoms with E-state index in [9.17, 15) is 28.8 Å². The first kappa shape index (κ1) is 49.9. The highest BCUT2D eigenvalue weighted by Crippen LogP contribution is 2.43. The number of carbonyl (C=O) groups is 6. The van der Waals surface area contributed by atoms with Gasteiger partial charge in [-0.15, -0.1) is 0 Å². The number of allylic oxidation sites excluding steroid dienone is 3. The molecule has 0 aromatic heterocycles. The lowest BCUT2D eigenvalue weighted by atomic mass is 9.92. The molecule has 1 aromatic carbocycles. The molecule has 5 atom stereocenters. The molecule has 5 unspecified atom stereocenters. The van der Waals surface area contributed by atoms with E-state index in [1.807, 2.05) is 45.3 Å². The lowest BCUT2D eigenvalue weighted by Crippen LogP contribution is -2.45. The van der Waals surface area contributed by atoms with Crippen molar-refractivity contribution < 1.29 is 48.1 Å². The van der Waals surface area contributed by atoms with E-state index >= 15 is 0 Å². The summed E-state index contributed by atoms with van der Waals surface area (Å²) in [4.78, 5) is 71.6. The van der Waals surface area contributed by atoms with Crippen molar-refractivity contribution in [3.8, 4) is 5.75 Å². The number of alkyl carbamates (subject to hydrolysis) is 1. The number of nitrogens with zero attached hydrogens (tertiary/aromatic N) is 2. The maximum atomic E-state index is 12.0. The number of carbonyl (C=O) groups excluding carboxylic acids is 5. The number of benzene rings is 1. The number of carboxylic acids is 1. The molecule has 3 aliphatic rings. The maximum absolute atomic E-state index is 12.0. The summed E-state index contributed by atoms with van der Waals surface area (Å²) in [7, 11) is 6.84. The van der Waals surface area contributed by atoms with E-state index in [1.54, 1.807) is 21.0 Å². The summed E-state index contributed by atoms with van der Waals surface area (Å²) in [5.74, 6) is -0.832. The molecule has 3 aliphatic heterocycles. The SMILES string of the molecule is CC(C(=O)O)N(C)C(=O)CCCCCN1C(=O)CC(C)(C)C1=O.CNC.COc1cc(C/C(C)=C/C=C/CC2CC(CC3OC3(C)CCC=O)OC(=O)N2)ccc1Cl. The second kappa shape index (κ2) is 24.0. The predicted molar refractivity (Wildman–Crippen MR) is 223 cm³/mol. The van der Waals surface area contributed by atoms with Crippen LogP contribution in [0.4, 0.5) is 4.79 Å². The maximum Gasteiger partial charge on any atom is 0.407 e. The van der Waals surface area contributed by atoms with Gasteiger partial charge in [-0.25, -0.2) is 9.59 Å². The van der Waals surface area contributed by atoms with Gasteiger partial charge in [0.2, 0.25) is 17.7 Å². The van der Waals surface area contributed by atoms with E-state index in [1.165, 1.54) is 29.3 Å². The van der Waals surface area contributed by atoms with Crippen molar-refractivity contribution in [2.45, 2.75) is 135 Å². The van der Waals surface area contributed by atoms with Crippen molar-refractivity contribution >= 4 is 47.7 Å². The minimum atomic E-state index is -1.03. The zero-order valence-electron chi connectivity index (χ0n) is 35.7. The molecule has 4 amide bonds. The van der Waals surface area contributed by atoms with Crippen LogP contribution in [0.25, 0.3) is 0 Å². The average molecular weight is 833 g/mol. The number of halogens is 1. The Hall–Kier alpha value is -4.27. The average Bonchev–Trinajstić information content (AvgIpc) is 3.75. The van der Waals surface area contributed by atoms with Gasteiger partial charge in [0, 0.05) is 51.7 Å². The Balaban J connectivity index is 0.000000394. The van der Waals surface area contributed by atoms with Gasteiger partial charge in [0.05, 0.1) is 29.3 Å². The summed E-state index contributed by atoms with van der Waals surface area (Å²) >= 11 is 6.09. The Morgan fingerprint density at radius 2 is 1.86 bits per heavy atom. The third-order valence-electron chi connectivity index (χ3n) is 10.4. The Bertz CT molecular complexity index is 1630. The summed E-state index contributed by atoms with van der Waals surface area (Å²) in [6.45, 7) is 9.48. The Kier molecular flexibility index (Phi) is 20.6. The van der Waals surface area contributed by atoms with E-state index in [4.69, 9.17) is 30.9 Å². The van der Waals surface area contributed by atoms with Gasteiger partial charge in [0.25, 0.3) is 0 Å². The third kappa shape index (κ3) is 16.2. The van der Waals surface area contributed by atoms with Crippen LogP contribution in [0.5, 0.6) is 5.75 Å². The highest BCUT2D eigenvalue weighted by molar-refractivity contribution is 6.32. The van der Waals surface area contributed by atoms with Crippen LogP contribution in [-0.4, -0.2) is 116 Å². The molecule has 14 nitrogen and oxygen atoms in total. The van der Waals surface area contributed by atoms with E-state index in [-0.39, 0.29) is 60.5 Å². The molecular formula is C43H65ClN4O10. The van der Waals surface area contributed by atoms with Crippen molar-refractivity contribution in [1.29, 1.82) is 0 Å². The number of amides is 4. The topological polar surface area (TPSA) is 184 Å². The van der Waals surface area contributed by atoms with E-state index < -0.39 is 17.4 Å². The molecule has 1 aromatic rings. The number of aldehydes is 1. The number of carboxylic acid groups (broad SMARTS) is 1. The fraction of sp³-hybridized carbons (Fsp3) is 0.628. The van der Waals surface area contributed by atoms with Crippen LogP contribution in [-0.2, 0) is 39.9 Å². The van der Waals surface area contributed by atoms with Crippen molar-refractivity contribution in [3.63, 3.8) is 0 Å². The van der Waals surface area contributed by atoms with Crippen LogP contribution >= 0.6 is 11.6 Å². The second-order valence-electron chi connectivity index (χ2n) is 16.0. The molecule has 0 spiro atoms. The zero-order chi connectivity index (χ0) is 43.6. The Morgan fingerprint density at radius 1 is 1.17 bits per heavy atom. The molecule has 0 aliphatic carbocycles. The number of hydrogen-bond acceptors (Lipinski definition) is 10. The smallest absolute Gasteiger partial charge is 0.407 e. The van der Waals surface area contributed by atoms with Crippen LogP contribution in [0.2, 0.25) is 5.02 Å². The van der Waals surface area contributed by atoms with Gasteiger partial charge in [-0.3, -0.25) is 19.3 Å². The Labute approximate surface area is 349 Å². The van der Waals surface area contributed by atoms with E-state index in [0.717, 1.165) is 31.1 Å². The number of aliphatic carboxylic acids is 1. The molecule has 3 fully saturated rings. The molecule has 3 heterocycles. The second-order valence-corrected chi connectivity index (χ2v) is 16.4. The number of cyclic esters (lactones) is 1. The summed E-state index contributed by atoms with van der Waals surface area (Å²) < 4.78 is 16.5. The summed E-state index contributed by atoms with van der Waals surface area (Å²) in [5, 5.41) is 15.1. The molecule has 3 saturated heterocycles. The first-order valence-electron chi connectivity index (χ1n) is 20.0. The Morgan fingerprint density at radius 3 is 2.47 bits per heavy atom. The van der Waals surface area contributed by atoms with E-state index in [0.29, 0.717) is 55.8 Å².